The fourth-order valence-electron chi connectivity index (χ4n) is 2.21. The normalized spacial score (nSPS) is 11.5. The van der Waals surface area contributed by atoms with E-state index in [-0.39, 0.29) is 5.92 Å². The van der Waals surface area contributed by atoms with Gasteiger partial charge in [0.1, 0.15) is 6.04 Å². The smallest absolute Gasteiger partial charge is 0.329 e. The number of carbonyl (C=O) groups excluding carboxylic acids is 4. The van der Waals surface area contributed by atoms with E-state index in [2.05, 4.69) is 16.0 Å². The summed E-state index contributed by atoms with van der Waals surface area (Å²) >= 11 is 5.80. The Labute approximate surface area is 169 Å². The predicted octanol–water partition coefficient (Wildman–Crippen LogP) is 2.26. The first-order valence-electron chi connectivity index (χ1n) is 9.03. The monoisotopic (exact) mass is 411 g/mol. The fourth-order valence-corrected chi connectivity index (χ4v) is 2.34. The van der Waals surface area contributed by atoms with Gasteiger partial charge in [-0.3, -0.25) is 14.9 Å². The van der Waals surface area contributed by atoms with Gasteiger partial charge in [-0.15, -0.1) is 0 Å². The number of benzene rings is 1. The van der Waals surface area contributed by atoms with Crippen LogP contribution in [0, 0.1) is 5.92 Å². The van der Waals surface area contributed by atoms with E-state index < -0.39 is 36.5 Å². The third kappa shape index (κ3) is 8.85. The highest BCUT2D eigenvalue weighted by Crippen LogP contribution is 2.11. The van der Waals surface area contributed by atoms with E-state index in [9.17, 15) is 19.2 Å². The molecule has 8 nitrogen and oxygen atoms in total. The Morgan fingerprint density at radius 2 is 1.75 bits per heavy atom. The zero-order valence-corrected chi connectivity index (χ0v) is 17.0. The van der Waals surface area contributed by atoms with Crippen molar-refractivity contribution in [2.45, 2.75) is 39.7 Å². The molecule has 154 valence electrons. The van der Waals surface area contributed by atoms with E-state index >= 15 is 0 Å². The number of rotatable bonds is 9. The van der Waals surface area contributed by atoms with Gasteiger partial charge in [0.05, 0.1) is 0 Å². The number of nitrogens with one attached hydrogen (secondary N) is 3. The minimum absolute atomic E-state index is 0.0942. The molecule has 3 N–H and O–H groups in total. The number of carbonyl (C=O) groups is 4. The van der Waals surface area contributed by atoms with Crippen LogP contribution in [0.2, 0.25) is 5.02 Å². The molecule has 28 heavy (non-hydrogen) atoms. The van der Waals surface area contributed by atoms with Gasteiger partial charge in [0.2, 0.25) is 0 Å². The van der Waals surface area contributed by atoms with Gasteiger partial charge in [0.15, 0.2) is 6.61 Å². The Balaban J connectivity index is 2.61. The number of halogens is 1. The highest BCUT2D eigenvalue weighted by molar-refractivity contribution is 6.30. The van der Waals surface area contributed by atoms with Gasteiger partial charge in [0.25, 0.3) is 11.8 Å². The van der Waals surface area contributed by atoms with Crippen molar-refractivity contribution in [3.05, 3.63) is 34.9 Å². The van der Waals surface area contributed by atoms with E-state index in [0.29, 0.717) is 23.6 Å². The standard InChI is InChI=1S/C19H26ClN3O5/c1-4-9-21-19(27)23-16(24)11-28-18(26)15(10-12(2)3)22-17(25)13-5-7-14(20)8-6-13/h5-8,12,15H,4,9-11H2,1-3H3,(H,22,25)(H2,21,23,24,27)/t15-/m0/s1. The van der Waals surface area contributed by atoms with Gasteiger partial charge >= 0.3 is 12.0 Å². The summed E-state index contributed by atoms with van der Waals surface area (Å²) in [5.41, 5.74) is 0.344. The van der Waals surface area contributed by atoms with Crippen molar-refractivity contribution in [3.8, 4) is 0 Å². The Kier molecular flexibility index (Phi) is 10.0. The van der Waals surface area contributed by atoms with Gasteiger partial charge in [-0.1, -0.05) is 32.4 Å². The number of amides is 4. The van der Waals surface area contributed by atoms with Gasteiger partial charge < -0.3 is 15.4 Å². The van der Waals surface area contributed by atoms with Gasteiger partial charge in [-0.25, -0.2) is 9.59 Å². The molecule has 0 bridgehead atoms. The van der Waals surface area contributed by atoms with Gasteiger partial charge in [-0.05, 0) is 43.0 Å². The molecule has 0 unspecified atom stereocenters. The molecule has 0 saturated heterocycles. The summed E-state index contributed by atoms with van der Waals surface area (Å²) in [6, 6.07) is 4.64. The summed E-state index contributed by atoms with van der Waals surface area (Å²) in [6.45, 7) is 5.45. The molecule has 9 heteroatoms. The molecule has 0 heterocycles. The van der Waals surface area contributed by atoms with E-state index in [4.69, 9.17) is 16.3 Å². The quantitative estimate of drug-likeness (QED) is 0.539. The van der Waals surface area contributed by atoms with Crippen LogP contribution in [-0.4, -0.2) is 43.0 Å². The van der Waals surface area contributed by atoms with Crippen molar-refractivity contribution in [3.63, 3.8) is 0 Å². The molecule has 0 fully saturated rings. The fraction of sp³-hybridized carbons (Fsp3) is 0.474. The third-order valence-electron chi connectivity index (χ3n) is 3.54. The lowest BCUT2D eigenvalue weighted by Gasteiger charge is -2.19. The van der Waals surface area contributed by atoms with Crippen molar-refractivity contribution >= 4 is 35.4 Å². The second-order valence-electron chi connectivity index (χ2n) is 6.57. The van der Waals surface area contributed by atoms with E-state index in [1.165, 1.54) is 12.1 Å². The molecule has 1 aromatic rings. The van der Waals surface area contributed by atoms with Crippen molar-refractivity contribution in [2.24, 2.45) is 5.92 Å². The first-order valence-corrected chi connectivity index (χ1v) is 9.41. The minimum Gasteiger partial charge on any atom is -0.454 e. The number of hydrogen-bond acceptors (Lipinski definition) is 5. The summed E-state index contributed by atoms with van der Waals surface area (Å²) in [6.07, 6.45) is 1.05. The largest absolute Gasteiger partial charge is 0.454 e. The first-order chi connectivity index (χ1) is 13.2. The Morgan fingerprint density at radius 1 is 1.11 bits per heavy atom. The van der Waals surface area contributed by atoms with Gasteiger partial charge in [0, 0.05) is 17.1 Å². The third-order valence-corrected chi connectivity index (χ3v) is 3.79. The minimum atomic E-state index is -0.926. The lowest BCUT2D eigenvalue weighted by atomic mass is 10.0. The van der Waals surface area contributed by atoms with E-state index in [1.54, 1.807) is 12.1 Å². The lowest BCUT2D eigenvalue weighted by Crippen LogP contribution is -2.45. The lowest BCUT2D eigenvalue weighted by molar-refractivity contribution is -0.150. The van der Waals surface area contributed by atoms with Crippen molar-refractivity contribution in [1.29, 1.82) is 0 Å². The topological polar surface area (TPSA) is 114 Å². The van der Waals surface area contributed by atoms with Crippen LogP contribution >= 0.6 is 11.6 Å². The predicted molar refractivity (Wildman–Crippen MR) is 105 cm³/mol. The SMILES string of the molecule is CCCNC(=O)NC(=O)COC(=O)[C@H](CC(C)C)NC(=O)c1ccc(Cl)cc1. The zero-order chi connectivity index (χ0) is 21.1. The summed E-state index contributed by atoms with van der Waals surface area (Å²) in [4.78, 5) is 47.8. The molecule has 1 aromatic carbocycles. The molecule has 0 aliphatic heterocycles. The van der Waals surface area contributed by atoms with E-state index in [0.717, 1.165) is 6.42 Å². The van der Waals surface area contributed by atoms with Crippen molar-refractivity contribution in [2.75, 3.05) is 13.2 Å². The molecule has 0 radical (unpaired) electrons. The summed E-state index contributed by atoms with van der Waals surface area (Å²) in [5, 5.41) is 7.62. The Hall–Kier alpha value is -2.61. The zero-order valence-electron chi connectivity index (χ0n) is 16.2. The second kappa shape index (κ2) is 12.0. The van der Waals surface area contributed by atoms with Crippen LogP contribution in [0.15, 0.2) is 24.3 Å². The van der Waals surface area contributed by atoms with Gasteiger partial charge in [-0.2, -0.15) is 0 Å². The van der Waals surface area contributed by atoms with Crippen LogP contribution in [0.3, 0.4) is 0 Å². The highest BCUT2D eigenvalue weighted by Gasteiger charge is 2.25. The van der Waals surface area contributed by atoms with Crippen LogP contribution in [-0.2, 0) is 14.3 Å². The molecule has 0 saturated carbocycles. The first kappa shape index (κ1) is 23.4. The summed E-state index contributed by atoms with van der Waals surface area (Å²) in [7, 11) is 0. The average Bonchev–Trinajstić information content (AvgIpc) is 2.64. The summed E-state index contributed by atoms with van der Waals surface area (Å²) in [5.74, 6) is -1.87. The Morgan fingerprint density at radius 3 is 2.32 bits per heavy atom. The van der Waals surface area contributed by atoms with Crippen molar-refractivity contribution in [1.82, 2.24) is 16.0 Å². The number of urea groups is 1. The highest BCUT2D eigenvalue weighted by atomic mass is 35.5. The number of hydrogen-bond donors (Lipinski definition) is 3. The van der Waals surface area contributed by atoms with Crippen molar-refractivity contribution < 1.29 is 23.9 Å². The number of ether oxygens (including phenoxy) is 1. The number of esters is 1. The number of imide groups is 1. The van der Waals surface area contributed by atoms with E-state index in [1.807, 2.05) is 20.8 Å². The Bertz CT molecular complexity index is 691. The molecule has 1 atom stereocenters. The summed E-state index contributed by atoms with van der Waals surface area (Å²) < 4.78 is 4.96. The van der Waals surface area contributed by atoms with Crippen LogP contribution < -0.4 is 16.0 Å². The second-order valence-corrected chi connectivity index (χ2v) is 7.01. The van der Waals surface area contributed by atoms with Crippen LogP contribution in [0.5, 0.6) is 0 Å². The molecule has 0 aliphatic rings. The maximum absolute atomic E-state index is 12.3. The maximum Gasteiger partial charge on any atom is 0.329 e. The molecule has 1 rings (SSSR count). The molecular formula is C19H26ClN3O5. The average molecular weight is 412 g/mol. The molecule has 0 aliphatic carbocycles. The van der Waals surface area contributed by atoms with Crippen LogP contribution in [0.25, 0.3) is 0 Å². The molecule has 0 aromatic heterocycles. The van der Waals surface area contributed by atoms with Crippen LogP contribution in [0.4, 0.5) is 4.79 Å². The molecule has 4 amide bonds. The van der Waals surface area contributed by atoms with Crippen LogP contribution in [0.1, 0.15) is 44.0 Å². The maximum atomic E-state index is 12.3. The molecule has 0 spiro atoms. The molecular weight excluding hydrogens is 386 g/mol.